The van der Waals surface area contributed by atoms with Gasteiger partial charge in [0.1, 0.15) is 12.5 Å². The molecule has 0 aromatic heterocycles. The fourth-order valence-electron chi connectivity index (χ4n) is 2.30. The Morgan fingerprint density at radius 3 is 1.85 bits per heavy atom. The number of rotatable bonds is 3. The quantitative estimate of drug-likeness (QED) is 0.654. The van der Waals surface area contributed by atoms with E-state index in [0.717, 1.165) is 12.8 Å². The number of hydrogen-bond acceptors (Lipinski definition) is 3. The molecule has 0 amide bonds. The third kappa shape index (κ3) is 2.93. The Hall–Kier alpha value is -0.120. The van der Waals surface area contributed by atoms with E-state index in [0.29, 0.717) is 6.04 Å². The summed E-state index contributed by atoms with van der Waals surface area (Å²) in [4.78, 5) is 1.80. The van der Waals surface area contributed by atoms with Crippen molar-refractivity contribution in [2.24, 2.45) is 0 Å². The molecule has 2 N–H and O–H groups in total. The van der Waals surface area contributed by atoms with Crippen LogP contribution in [0.25, 0.3) is 0 Å². The van der Waals surface area contributed by atoms with Gasteiger partial charge in [0, 0.05) is 6.04 Å². The van der Waals surface area contributed by atoms with Crippen LogP contribution in [0.3, 0.4) is 0 Å². The molecule has 0 spiro atoms. The minimum absolute atomic E-state index is 0.369. The molecular weight excluding hydrogens is 166 g/mol. The molecule has 2 atom stereocenters. The molecule has 0 radical (unpaired) electrons. The van der Waals surface area contributed by atoms with E-state index in [1.807, 2.05) is 0 Å². The molecule has 1 aliphatic carbocycles. The highest BCUT2D eigenvalue weighted by Crippen LogP contribution is 2.24. The molecule has 0 aromatic rings. The third-order valence-electron chi connectivity index (χ3n) is 2.86. The van der Waals surface area contributed by atoms with Crippen LogP contribution in [0.1, 0.15) is 46.0 Å². The van der Waals surface area contributed by atoms with Gasteiger partial charge in [-0.05, 0) is 26.7 Å². The topological polar surface area (TPSA) is 43.7 Å². The summed E-state index contributed by atoms with van der Waals surface area (Å²) >= 11 is 0. The maximum Gasteiger partial charge on any atom is 0.106 e. The molecule has 2 unspecified atom stereocenters. The number of aliphatic hydroxyl groups excluding tert-OH is 2. The van der Waals surface area contributed by atoms with Crippen LogP contribution in [-0.2, 0) is 0 Å². The van der Waals surface area contributed by atoms with Crippen molar-refractivity contribution < 1.29 is 10.2 Å². The van der Waals surface area contributed by atoms with Crippen molar-refractivity contribution in [3.8, 4) is 0 Å². The van der Waals surface area contributed by atoms with Gasteiger partial charge in [0.25, 0.3) is 0 Å². The first-order chi connectivity index (χ1) is 6.13. The Labute approximate surface area is 80.4 Å². The molecule has 0 aliphatic heterocycles. The standard InChI is InChI=1S/C10H21NO2/c1-8(12)11(9(2)13)10-6-4-3-5-7-10/h8-10,12-13H,3-7H2,1-2H3. The molecule has 3 heteroatoms. The normalized spacial score (nSPS) is 24.7. The van der Waals surface area contributed by atoms with Crippen LogP contribution in [0.15, 0.2) is 0 Å². The van der Waals surface area contributed by atoms with Gasteiger partial charge >= 0.3 is 0 Å². The molecule has 13 heavy (non-hydrogen) atoms. The SMILES string of the molecule is CC(O)N(C(C)O)C1CCCCC1. The van der Waals surface area contributed by atoms with Crippen LogP contribution >= 0.6 is 0 Å². The predicted octanol–water partition coefficient (Wildman–Crippen LogP) is 1.30. The minimum atomic E-state index is -0.539. The Bertz CT molecular complexity index is 134. The first-order valence-electron chi connectivity index (χ1n) is 5.26. The van der Waals surface area contributed by atoms with Crippen molar-refractivity contribution in [3.05, 3.63) is 0 Å². The summed E-state index contributed by atoms with van der Waals surface area (Å²) in [7, 11) is 0. The fraction of sp³-hybridized carbons (Fsp3) is 1.00. The summed E-state index contributed by atoms with van der Waals surface area (Å²) < 4.78 is 0. The van der Waals surface area contributed by atoms with Crippen molar-refractivity contribution in [2.75, 3.05) is 0 Å². The van der Waals surface area contributed by atoms with Gasteiger partial charge in [0.05, 0.1) is 0 Å². The van der Waals surface area contributed by atoms with Gasteiger partial charge < -0.3 is 10.2 Å². The largest absolute Gasteiger partial charge is 0.379 e. The van der Waals surface area contributed by atoms with E-state index < -0.39 is 12.5 Å². The molecule has 0 bridgehead atoms. The van der Waals surface area contributed by atoms with Crippen molar-refractivity contribution in [3.63, 3.8) is 0 Å². The lowest BCUT2D eigenvalue weighted by Crippen LogP contribution is -2.48. The van der Waals surface area contributed by atoms with Gasteiger partial charge in [-0.25, -0.2) is 0 Å². The van der Waals surface area contributed by atoms with Gasteiger partial charge in [-0.3, -0.25) is 4.90 Å². The number of aliphatic hydroxyl groups is 2. The molecule has 0 heterocycles. The smallest absolute Gasteiger partial charge is 0.106 e. The maximum atomic E-state index is 9.50. The molecule has 3 nitrogen and oxygen atoms in total. The Kier molecular flexibility index (Phi) is 4.16. The molecule has 1 saturated carbocycles. The second kappa shape index (κ2) is 4.94. The van der Waals surface area contributed by atoms with Crippen molar-refractivity contribution in [1.82, 2.24) is 4.90 Å². The first-order valence-corrected chi connectivity index (χ1v) is 5.26. The Morgan fingerprint density at radius 1 is 1.00 bits per heavy atom. The average molecular weight is 187 g/mol. The zero-order valence-corrected chi connectivity index (χ0v) is 8.61. The van der Waals surface area contributed by atoms with E-state index in [1.165, 1.54) is 19.3 Å². The van der Waals surface area contributed by atoms with E-state index in [2.05, 4.69) is 0 Å². The van der Waals surface area contributed by atoms with E-state index in [1.54, 1.807) is 18.7 Å². The number of hydrogen-bond donors (Lipinski definition) is 2. The first kappa shape index (κ1) is 11.0. The highest BCUT2D eigenvalue weighted by atomic mass is 16.3. The molecule has 1 aliphatic rings. The molecule has 1 fully saturated rings. The summed E-state index contributed by atoms with van der Waals surface area (Å²) in [6.45, 7) is 3.45. The van der Waals surface area contributed by atoms with E-state index in [-0.39, 0.29) is 0 Å². The predicted molar refractivity (Wildman–Crippen MR) is 52.1 cm³/mol. The zero-order chi connectivity index (χ0) is 9.84. The van der Waals surface area contributed by atoms with Gasteiger partial charge in [-0.2, -0.15) is 0 Å². The van der Waals surface area contributed by atoms with Crippen molar-refractivity contribution >= 4 is 0 Å². The zero-order valence-electron chi connectivity index (χ0n) is 8.61. The molecular formula is C10H21NO2. The second-order valence-corrected chi connectivity index (χ2v) is 4.00. The third-order valence-corrected chi connectivity index (χ3v) is 2.86. The van der Waals surface area contributed by atoms with Crippen LogP contribution in [0.5, 0.6) is 0 Å². The van der Waals surface area contributed by atoms with Gasteiger partial charge in [0.15, 0.2) is 0 Å². The monoisotopic (exact) mass is 187 g/mol. The van der Waals surface area contributed by atoms with Crippen LogP contribution < -0.4 is 0 Å². The Balaban J connectivity index is 2.52. The molecule has 0 aromatic carbocycles. The van der Waals surface area contributed by atoms with Gasteiger partial charge in [-0.15, -0.1) is 0 Å². The van der Waals surface area contributed by atoms with Crippen molar-refractivity contribution in [1.29, 1.82) is 0 Å². The highest BCUT2D eigenvalue weighted by molar-refractivity contribution is 4.76. The van der Waals surface area contributed by atoms with E-state index in [4.69, 9.17) is 0 Å². The van der Waals surface area contributed by atoms with Crippen LogP contribution in [-0.4, -0.2) is 33.6 Å². The second-order valence-electron chi connectivity index (χ2n) is 4.00. The summed E-state index contributed by atoms with van der Waals surface area (Å²) in [5.74, 6) is 0. The number of nitrogens with zero attached hydrogens (tertiary/aromatic N) is 1. The Morgan fingerprint density at radius 2 is 1.46 bits per heavy atom. The highest BCUT2D eigenvalue weighted by Gasteiger charge is 2.26. The lowest BCUT2D eigenvalue weighted by molar-refractivity contribution is -0.115. The summed E-state index contributed by atoms with van der Waals surface area (Å²) in [5.41, 5.74) is 0. The minimum Gasteiger partial charge on any atom is -0.379 e. The van der Waals surface area contributed by atoms with Crippen molar-refractivity contribution in [2.45, 2.75) is 64.4 Å². The average Bonchev–Trinajstić information content (AvgIpc) is 2.04. The molecule has 1 rings (SSSR count). The van der Waals surface area contributed by atoms with E-state index >= 15 is 0 Å². The molecule has 0 saturated heterocycles. The van der Waals surface area contributed by atoms with E-state index in [9.17, 15) is 10.2 Å². The summed E-state index contributed by atoms with van der Waals surface area (Å²) in [6.07, 6.45) is 4.88. The fourth-order valence-corrected chi connectivity index (χ4v) is 2.30. The van der Waals surface area contributed by atoms with Crippen LogP contribution in [0, 0.1) is 0 Å². The van der Waals surface area contributed by atoms with Gasteiger partial charge in [-0.1, -0.05) is 19.3 Å². The molecule has 78 valence electrons. The summed E-state index contributed by atoms with van der Waals surface area (Å²) in [6, 6.07) is 0.369. The lowest BCUT2D eigenvalue weighted by atomic mass is 9.94. The lowest BCUT2D eigenvalue weighted by Gasteiger charge is -2.38. The van der Waals surface area contributed by atoms with Gasteiger partial charge in [0.2, 0.25) is 0 Å². The maximum absolute atomic E-state index is 9.50. The van der Waals surface area contributed by atoms with Crippen LogP contribution in [0.2, 0.25) is 0 Å². The summed E-state index contributed by atoms with van der Waals surface area (Å²) in [5, 5.41) is 19.0. The van der Waals surface area contributed by atoms with Crippen LogP contribution in [0.4, 0.5) is 0 Å².